The monoisotopic (exact) mass is 499 g/mol. The van der Waals surface area contributed by atoms with Crippen LogP contribution < -0.4 is 9.57 Å². The minimum absolute atomic E-state index is 0.173. The normalized spacial score (nSPS) is 14.1. The van der Waals surface area contributed by atoms with E-state index in [0.717, 1.165) is 22.0 Å². The van der Waals surface area contributed by atoms with E-state index in [2.05, 4.69) is 12.1 Å². The largest absolute Gasteiger partial charge is 0.492 e. The predicted octanol–water partition coefficient (Wildman–Crippen LogP) is 4.55. The molecular weight excluding hydrogens is 472 g/mol. The third-order valence-electron chi connectivity index (χ3n) is 6.88. The van der Waals surface area contributed by atoms with Crippen LogP contribution in [0.4, 0.5) is 5.69 Å². The number of fused-ring (bicyclic) bond motifs is 3. The van der Waals surface area contributed by atoms with E-state index in [-0.39, 0.29) is 5.56 Å². The average Bonchev–Trinajstić information content (AvgIpc) is 3.27. The standard InChI is InChI=1S/C29H26N2O6/c1-16-14-19(27(34)37-31-22(32)12-13-23(31)33)15-17(2)25(16)36-28(35)26-29(3,4)24-20-9-7-6-8-18(20)10-11-21(24)30(26)5/h6-15,35H,1-5H3/p+1. The highest BCUT2D eigenvalue weighted by Gasteiger charge is 2.50. The molecule has 2 N–H and O–H groups in total. The molecule has 1 aromatic heterocycles. The molecule has 0 bridgehead atoms. The number of hydrogen-bond donors (Lipinski definition) is 2. The van der Waals surface area contributed by atoms with Gasteiger partial charge in [-0.05, 0) is 67.8 Å². The molecule has 5 rings (SSSR count). The van der Waals surface area contributed by atoms with Gasteiger partial charge in [0.15, 0.2) is 0 Å². The van der Waals surface area contributed by atoms with Gasteiger partial charge in [0.25, 0.3) is 5.71 Å². The first kappa shape index (κ1) is 24.1. The predicted molar refractivity (Wildman–Crippen MR) is 138 cm³/mol. The van der Waals surface area contributed by atoms with Gasteiger partial charge < -0.3 is 19.8 Å². The Morgan fingerprint density at radius 1 is 0.892 bits per heavy atom. The second-order valence-electron chi connectivity index (χ2n) is 9.76. The van der Waals surface area contributed by atoms with E-state index in [1.54, 1.807) is 13.8 Å². The quantitative estimate of drug-likeness (QED) is 0.243. The van der Waals surface area contributed by atoms with Crippen molar-refractivity contribution in [3.63, 3.8) is 0 Å². The molecule has 8 heteroatoms. The lowest BCUT2D eigenvalue weighted by Gasteiger charge is -2.19. The summed E-state index contributed by atoms with van der Waals surface area (Å²) >= 11 is 0. The highest BCUT2D eigenvalue weighted by molar-refractivity contribution is 6.40. The zero-order valence-corrected chi connectivity index (χ0v) is 21.2. The zero-order valence-electron chi connectivity index (χ0n) is 21.2. The zero-order chi connectivity index (χ0) is 26.6. The lowest BCUT2D eigenvalue weighted by Crippen LogP contribution is -2.38. The summed E-state index contributed by atoms with van der Waals surface area (Å²) in [5.74, 6) is -1.75. The molecule has 0 radical (unpaired) electrons. The van der Waals surface area contributed by atoms with Crippen molar-refractivity contribution in [2.45, 2.75) is 33.1 Å². The van der Waals surface area contributed by atoms with Gasteiger partial charge in [-0.1, -0.05) is 24.3 Å². The molecule has 0 atom stereocenters. The van der Waals surface area contributed by atoms with E-state index in [4.69, 9.17) is 9.57 Å². The summed E-state index contributed by atoms with van der Waals surface area (Å²) in [5.41, 5.74) is 3.23. The molecule has 37 heavy (non-hydrogen) atoms. The Bertz CT molecular complexity index is 1600. The second kappa shape index (κ2) is 8.51. The van der Waals surface area contributed by atoms with Crippen molar-refractivity contribution in [1.82, 2.24) is 4.73 Å². The Morgan fingerprint density at radius 2 is 1.51 bits per heavy atom. The Labute approximate surface area is 213 Å². The van der Waals surface area contributed by atoms with E-state index in [9.17, 15) is 19.8 Å². The van der Waals surface area contributed by atoms with Crippen molar-refractivity contribution in [2.24, 2.45) is 0 Å². The van der Waals surface area contributed by atoms with Gasteiger partial charge >= 0.3 is 11.9 Å². The summed E-state index contributed by atoms with van der Waals surface area (Å²) in [4.78, 5) is 31.3. The first-order valence-corrected chi connectivity index (χ1v) is 11.8. The molecular formula is C29H27N2O6+. The lowest BCUT2D eigenvalue weighted by atomic mass is 9.79. The first-order chi connectivity index (χ1) is 17.5. The van der Waals surface area contributed by atoms with Crippen molar-refractivity contribution in [3.05, 3.63) is 82.9 Å². The topological polar surface area (TPSA) is 101 Å². The molecule has 0 spiro atoms. The number of carbonyl (C=O) groups is 2. The van der Waals surface area contributed by atoms with Crippen molar-refractivity contribution < 1.29 is 34.0 Å². The van der Waals surface area contributed by atoms with Crippen LogP contribution in [0.25, 0.3) is 10.8 Å². The van der Waals surface area contributed by atoms with E-state index in [1.807, 2.05) is 49.7 Å². The molecule has 0 saturated heterocycles. The molecule has 1 aliphatic heterocycles. The maximum absolute atomic E-state index is 13.6. The molecule has 0 aliphatic carbocycles. The van der Waals surface area contributed by atoms with Crippen molar-refractivity contribution >= 4 is 34.1 Å². The Kier molecular flexibility index (Phi) is 5.55. The first-order valence-electron chi connectivity index (χ1n) is 11.8. The number of carbonyl (C=O) groups excluding carboxylic acids is 2. The van der Waals surface area contributed by atoms with Gasteiger partial charge in [-0.25, -0.2) is 9.59 Å². The van der Waals surface area contributed by atoms with Gasteiger partial charge in [-0.3, -0.25) is 0 Å². The summed E-state index contributed by atoms with van der Waals surface area (Å²) in [6, 6.07) is 17.6. The smallest absolute Gasteiger partial charge is 0.405 e. The third-order valence-corrected chi connectivity index (χ3v) is 6.88. The number of rotatable bonds is 4. The van der Waals surface area contributed by atoms with E-state index in [1.165, 1.54) is 24.3 Å². The molecule has 1 aliphatic rings. The SMILES string of the molecule is Cc1cc(C(=O)On2c(O)ccc2O)cc(C)c1OC(=O)C1=[N+](C)c2ccc3ccccc3c2C1(C)C. The van der Waals surface area contributed by atoms with Gasteiger partial charge in [0.05, 0.1) is 11.0 Å². The van der Waals surface area contributed by atoms with Crippen LogP contribution in [0.1, 0.15) is 40.9 Å². The van der Waals surface area contributed by atoms with Crippen molar-refractivity contribution in [1.29, 1.82) is 0 Å². The Morgan fingerprint density at radius 3 is 2.16 bits per heavy atom. The van der Waals surface area contributed by atoms with Crippen LogP contribution in [0.2, 0.25) is 0 Å². The molecule has 0 unspecified atom stereocenters. The number of benzene rings is 3. The molecule has 0 fully saturated rings. The number of ether oxygens (including phenoxy) is 1. The Balaban J connectivity index is 1.45. The van der Waals surface area contributed by atoms with Crippen molar-refractivity contribution in [2.75, 3.05) is 7.05 Å². The highest BCUT2D eigenvalue weighted by Crippen LogP contribution is 2.43. The van der Waals surface area contributed by atoms with Crippen LogP contribution in [-0.2, 0) is 10.2 Å². The van der Waals surface area contributed by atoms with E-state index in [0.29, 0.717) is 27.3 Å². The van der Waals surface area contributed by atoms with Gasteiger partial charge in [0.2, 0.25) is 17.4 Å². The fraction of sp³-hybridized carbons (Fsp3) is 0.207. The second-order valence-corrected chi connectivity index (χ2v) is 9.76. The van der Waals surface area contributed by atoms with Crippen LogP contribution in [0.15, 0.2) is 60.7 Å². The van der Waals surface area contributed by atoms with Crippen LogP contribution >= 0.6 is 0 Å². The van der Waals surface area contributed by atoms with E-state index >= 15 is 0 Å². The van der Waals surface area contributed by atoms with Crippen molar-refractivity contribution in [3.8, 4) is 17.5 Å². The highest BCUT2D eigenvalue weighted by atomic mass is 16.7. The number of esters is 1. The fourth-order valence-corrected chi connectivity index (χ4v) is 5.25. The Hall–Kier alpha value is -4.59. The molecule has 0 saturated carbocycles. The van der Waals surface area contributed by atoms with Gasteiger partial charge in [0, 0.05) is 23.8 Å². The summed E-state index contributed by atoms with van der Waals surface area (Å²) in [6.07, 6.45) is 0. The molecule has 2 heterocycles. The maximum atomic E-state index is 13.6. The fourth-order valence-electron chi connectivity index (χ4n) is 5.25. The molecule has 3 aromatic carbocycles. The summed E-state index contributed by atoms with van der Waals surface area (Å²) in [7, 11) is 1.86. The third kappa shape index (κ3) is 3.81. The van der Waals surface area contributed by atoms with Gasteiger partial charge in [-0.15, -0.1) is 4.73 Å². The number of aryl methyl sites for hydroxylation is 2. The molecule has 188 valence electrons. The molecule has 0 amide bonds. The number of hydrogen-bond acceptors (Lipinski definition) is 6. The number of aromatic hydroxyl groups is 2. The van der Waals surface area contributed by atoms with E-state index < -0.39 is 29.1 Å². The van der Waals surface area contributed by atoms with Gasteiger partial charge in [-0.2, -0.15) is 4.58 Å². The van der Waals surface area contributed by atoms with Crippen LogP contribution in [0.3, 0.4) is 0 Å². The molecule has 4 aromatic rings. The summed E-state index contributed by atoms with van der Waals surface area (Å²) < 4.78 is 8.44. The molecule has 8 nitrogen and oxygen atoms in total. The van der Waals surface area contributed by atoms with Gasteiger partial charge in [0.1, 0.15) is 12.8 Å². The summed E-state index contributed by atoms with van der Waals surface area (Å²) in [6.45, 7) is 7.49. The van der Waals surface area contributed by atoms with Crippen LogP contribution in [-0.4, -0.2) is 44.2 Å². The van der Waals surface area contributed by atoms with Crippen LogP contribution in [0.5, 0.6) is 17.5 Å². The lowest BCUT2D eigenvalue weighted by molar-refractivity contribution is -0.402. The van der Waals surface area contributed by atoms with Crippen LogP contribution in [0, 0.1) is 13.8 Å². The number of nitrogens with zero attached hydrogens (tertiary/aromatic N) is 2. The maximum Gasteiger partial charge on any atom is 0.405 e. The minimum Gasteiger partial charge on any atom is -0.492 e. The summed E-state index contributed by atoms with van der Waals surface area (Å²) in [5, 5.41) is 21.7. The minimum atomic E-state index is -0.792. The average molecular weight is 500 g/mol. The number of aromatic nitrogens is 1.